The number of rotatable bonds is 7. The number of methoxy groups -OCH3 is 1. The Bertz CT molecular complexity index is 546. The van der Waals surface area contributed by atoms with Gasteiger partial charge in [0.05, 0.1) is 18.9 Å². The second-order valence-electron chi connectivity index (χ2n) is 5.54. The summed E-state index contributed by atoms with van der Waals surface area (Å²) >= 11 is 5.19. The normalized spacial score (nSPS) is 16.5. The SMILES string of the molecule is COCCNC(=S)NC[C@H]1CC(c2ccc(N(C)C)cc2)=NO1. The van der Waals surface area contributed by atoms with Crippen LogP contribution in [0, 0.1) is 0 Å². The smallest absolute Gasteiger partial charge is 0.166 e. The van der Waals surface area contributed by atoms with Crippen LogP contribution < -0.4 is 15.5 Å². The zero-order chi connectivity index (χ0) is 16.7. The lowest BCUT2D eigenvalue weighted by atomic mass is 10.0. The predicted octanol–water partition coefficient (Wildman–Crippen LogP) is 1.36. The number of hydrogen-bond acceptors (Lipinski definition) is 5. The molecule has 0 saturated heterocycles. The van der Waals surface area contributed by atoms with Gasteiger partial charge in [-0.1, -0.05) is 17.3 Å². The van der Waals surface area contributed by atoms with Crippen LogP contribution in [0.25, 0.3) is 0 Å². The maximum absolute atomic E-state index is 5.48. The summed E-state index contributed by atoms with van der Waals surface area (Å²) in [6.45, 7) is 1.94. The van der Waals surface area contributed by atoms with Gasteiger partial charge in [-0.2, -0.15) is 0 Å². The Morgan fingerprint density at radius 1 is 1.35 bits per heavy atom. The monoisotopic (exact) mass is 336 g/mol. The Hall–Kier alpha value is -1.86. The molecule has 0 bridgehead atoms. The first-order valence-corrected chi connectivity index (χ1v) is 8.02. The highest BCUT2D eigenvalue weighted by Crippen LogP contribution is 2.19. The fraction of sp³-hybridized carbons (Fsp3) is 0.500. The van der Waals surface area contributed by atoms with E-state index in [9.17, 15) is 0 Å². The van der Waals surface area contributed by atoms with Gasteiger partial charge in [-0.15, -0.1) is 0 Å². The van der Waals surface area contributed by atoms with Crippen molar-refractivity contribution >= 4 is 28.7 Å². The molecule has 0 fully saturated rings. The number of anilines is 1. The Balaban J connectivity index is 1.76. The van der Waals surface area contributed by atoms with Crippen molar-refractivity contribution in [2.45, 2.75) is 12.5 Å². The van der Waals surface area contributed by atoms with Crippen LogP contribution in [0.5, 0.6) is 0 Å². The highest BCUT2D eigenvalue weighted by Gasteiger charge is 2.22. The van der Waals surface area contributed by atoms with Crippen LogP contribution in [0.15, 0.2) is 29.4 Å². The molecule has 0 radical (unpaired) electrons. The van der Waals surface area contributed by atoms with Crippen molar-refractivity contribution in [3.05, 3.63) is 29.8 Å². The van der Waals surface area contributed by atoms with Crippen LogP contribution in [0.3, 0.4) is 0 Å². The van der Waals surface area contributed by atoms with E-state index in [0.717, 1.165) is 17.7 Å². The molecule has 1 aliphatic heterocycles. The molecule has 6 nitrogen and oxygen atoms in total. The van der Waals surface area contributed by atoms with E-state index in [4.69, 9.17) is 21.8 Å². The van der Waals surface area contributed by atoms with Crippen molar-refractivity contribution < 1.29 is 9.57 Å². The molecule has 1 aliphatic rings. The van der Waals surface area contributed by atoms with Crippen LogP contribution in [0.1, 0.15) is 12.0 Å². The molecule has 7 heteroatoms. The molecule has 1 aromatic carbocycles. The second kappa shape index (κ2) is 8.69. The van der Waals surface area contributed by atoms with E-state index in [-0.39, 0.29) is 6.10 Å². The van der Waals surface area contributed by atoms with Gasteiger partial charge in [0.1, 0.15) is 6.10 Å². The molecule has 23 heavy (non-hydrogen) atoms. The summed E-state index contributed by atoms with van der Waals surface area (Å²) in [6, 6.07) is 8.31. The van der Waals surface area contributed by atoms with E-state index < -0.39 is 0 Å². The standard InChI is InChI=1S/C16H24N4O2S/c1-20(2)13-6-4-12(5-7-13)15-10-14(22-19-15)11-18-16(23)17-8-9-21-3/h4-7,14H,8-11H2,1-3H3,(H2,17,18,23)/t14-/m1/s1. The average Bonchev–Trinajstić information content (AvgIpc) is 3.02. The van der Waals surface area contributed by atoms with Gasteiger partial charge in [0.2, 0.25) is 0 Å². The highest BCUT2D eigenvalue weighted by molar-refractivity contribution is 7.80. The molecule has 0 spiro atoms. The van der Waals surface area contributed by atoms with Crippen LogP contribution in [-0.4, -0.2) is 57.8 Å². The minimum absolute atomic E-state index is 0.000649. The van der Waals surface area contributed by atoms with Crippen molar-refractivity contribution in [2.75, 3.05) is 45.8 Å². The third kappa shape index (κ3) is 5.37. The first-order chi connectivity index (χ1) is 11.1. The molecule has 126 valence electrons. The number of nitrogens with one attached hydrogen (secondary N) is 2. The largest absolute Gasteiger partial charge is 0.390 e. The summed E-state index contributed by atoms with van der Waals surface area (Å²) < 4.78 is 4.96. The summed E-state index contributed by atoms with van der Waals surface area (Å²) in [5.74, 6) is 0. The maximum Gasteiger partial charge on any atom is 0.166 e. The molecular weight excluding hydrogens is 312 g/mol. The lowest BCUT2D eigenvalue weighted by Gasteiger charge is -2.13. The molecule has 1 atom stereocenters. The molecule has 0 unspecified atom stereocenters. The number of benzene rings is 1. The van der Waals surface area contributed by atoms with E-state index in [1.807, 2.05) is 14.1 Å². The van der Waals surface area contributed by atoms with Gasteiger partial charge in [0.15, 0.2) is 5.11 Å². The van der Waals surface area contributed by atoms with E-state index in [0.29, 0.717) is 24.8 Å². The zero-order valence-electron chi connectivity index (χ0n) is 13.8. The Labute approximate surface area is 142 Å². The molecule has 1 heterocycles. The third-order valence-electron chi connectivity index (χ3n) is 3.53. The fourth-order valence-electron chi connectivity index (χ4n) is 2.20. The van der Waals surface area contributed by atoms with Crippen molar-refractivity contribution in [1.29, 1.82) is 0 Å². The summed E-state index contributed by atoms with van der Waals surface area (Å²) in [4.78, 5) is 7.55. The van der Waals surface area contributed by atoms with Gasteiger partial charge in [-0.25, -0.2) is 0 Å². The van der Waals surface area contributed by atoms with E-state index >= 15 is 0 Å². The zero-order valence-corrected chi connectivity index (χ0v) is 14.7. The number of oxime groups is 1. The Morgan fingerprint density at radius 2 is 2.09 bits per heavy atom. The van der Waals surface area contributed by atoms with Crippen molar-refractivity contribution in [1.82, 2.24) is 10.6 Å². The van der Waals surface area contributed by atoms with Gasteiger partial charge in [0.25, 0.3) is 0 Å². The molecule has 0 amide bonds. The molecule has 2 N–H and O–H groups in total. The maximum atomic E-state index is 5.48. The van der Waals surface area contributed by atoms with E-state index in [1.54, 1.807) is 7.11 Å². The number of nitrogens with zero attached hydrogens (tertiary/aromatic N) is 2. The summed E-state index contributed by atoms with van der Waals surface area (Å²) in [5, 5.41) is 11.0. The van der Waals surface area contributed by atoms with Crippen LogP contribution in [0.2, 0.25) is 0 Å². The van der Waals surface area contributed by atoms with E-state index in [1.165, 1.54) is 5.69 Å². The molecule has 0 saturated carbocycles. The topological polar surface area (TPSA) is 58.1 Å². The first-order valence-electron chi connectivity index (χ1n) is 7.61. The number of ether oxygens (including phenoxy) is 1. The van der Waals surface area contributed by atoms with E-state index in [2.05, 4.69) is 45.0 Å². The van der Waals surface area contributed by atoms with Crippen molar-refractivity contribution in [2.24, 2.45) is 5.16 Å². The van der Waals surface area contributed by atoms with Crippen LogP contribution in [0.4, 0.5) is 5.69 Å². The predicted molar refractivity (Wildman–Crippen MR) is 97.3 cm³/mol. The summed E-state index contributed by atoms with van der Waals surface area (Å²) in [7, 11) is 5.71. The minimum Gasteiger partial charge on any atom is -0.390 e. The van der Waals surface area contributed by atoms with Crippen molar-refractivity contribution in [3.8, 4) is 0 Å². The summed E-state index contributed by atoms with van der Waals surface area (Å²) in [5.41, 5.74) is 3.23. The van der Waals surface area contributed by atoms with Crippen LogP contribution in [-0.2, 0) is 9.57 Å². The second-order valence-corrected chi connectivity index (χ2v) is 5.95. The third-order valence-corrected chi connectivity index (χ3v) is 3.82. The average molecular weight is 336 g/mol. The van der Waals surface area contributed by atoms with Gasteiger partial charge < -0.3 is 25.1 Å². The van der Waals surface area contributed by atoms with Crippen molar-refractivity contribution in [3.63, 3.8) is 0 Å². The molecule has 1 aromatic rings. The molecule has 0 aromatic heterocycles. The molecule has 2 rings (SSSR count). The van der Waals surface area contributed by atoms with Crippen LogP contribution >= 0.6 is 12.2 Å². The minimum atomic E-state index is 0.000649. The lowest BCUT2D eigenvalue weighted by Crippen LogP contribution is -2.40. The van der Waals surface area contributed by atoms with Gasteiger partial charge in [0, 0.05) is 39.9 Å². The Kier molecular flexibility index (Phi) is 6.61. The highest BCUT2D eigenvalue weighted by atomic mass is 32.1. The van der Waals surface area contributed by atoms with Gasteiger partial charge in [-0.3, -0.25) is 0 Å². The fourth-order valence-corrected chi connectivity index (χ4v) is 2.38. The first kappa shape index (κ1) is 17.5. The van der Waals surface area contributed by atoms with Gasteiger partial charge in [-0.05, 0) is 29.9 Å². The quantitative estimate of drug-likeness (QED) is 0.579. The molecular formula is C16H24N4O2S. The molecule has 0 aliphatic carbocycles. The lowest BCUT2D eigenvalue weighted by molar-refractivity contribution is 0.0885. The number of thiocarbonyl (C=S) groups is 1. The van der Waals surface area contributed by atoms with Gasteiger partial charge >= 0.3 is 0 Å². The number of hydrogen-bond donors (Lipinski definition) is 2. The Morgan fingerprint density at radius 3 is 2.74 bits per heavy atom. The summed E-state index contributed by atoms with van der Waals surface area (Å²) in [6.07, 6.45) is 0.773.